The molecule has 2 aliphatic heterocycles. The molecule has 2 aromatic rings. The Morgan fingerprint density at radius 2 is 2.09 bits per heavy atom. The van der Waals surface area contributed by atoms with E-state index in [0.717, 1.165) is 10.9 Å². The summed E-state index contributed by atoms with van der Waals surface area (Å²) in [6, 6.07) is 7.09. The number of ether oxygens (including phenoxy) is 2. The van der Waals surface area contributed by atoms with E-state index < -0.39 is 6.10 Å². The molecular weight excluding hydrogens is 320 g/mol. The lowest BCUT2D eigenvalue weighted by molar-refractivity contribution is 0.0178. The number of hydrogen-bond donors (Lipinski definition) is 2. The second-order valence-corrected chi connectivity index (χ2v) is 6.47. The zero-order valence-corrected chi connectivity index (χ0v) is 13.3. The average molecular weight is 337 g/mol. The van der Waals surface area contributed by atoms with E-state index in [-0.39, 0.29) is 30.8 Å². The zero-order chi connectivity index (χ0) is 16.1. The van der Waals surface area contributed by atoms with Crippen molar-refractivity contribution in [1.29, 1.82) is 0 Å². The Morgan fingerprint density at radius 1 is 1.30 bits per heavy atom. The number of aliphatic hydroxyl groups excluding tert-OH is 1. The molecule has 0 spiro atoms. The van der Waals surface area contributed by atoms with Crippen molar-refractivity contribution in [1.82, 2.24) is 9.88 Å². The number of fused-ring (bicyclic) bond motifs is 2. The first kappa shape index (κ1) is 15.0. The van der Waals surface area contributed by atoms with Crippen molar-refractivity contribution in [3.05, 3.63) is 35.0 Å². The molecule has 1 amide bonds. The number of benzene rings is 1. The van der Waals surface area contributed by atoms with Crippen molar-refractivity contribution in [2.75, 3.05) is 13.2 Å². The van der Waals surface area contributed by atoms with Crippen molar-refractivity contribution in [2.24, 2.45) is 7.05 Å². The molecule has 4 atom stereocenters. The van der Waals surface area contributed by atoms with Crippen LogP contribution in [0.3, 0.4) is 0 Å². The maximum atomic E-state index is 12.6. The van der Waals surface area contributed by atoms with Gasteiger partial charge in [-0.3, -0.25) is 4.79 Å². The van der Waals surface area contributed by atoms with E-state index in [4.69, 9.17) is 21.1 Å². The van der Waals surface area contributed by atoms with E-state index in [1.807, 2.05) is 29.8 Å². The lowest BCUT2D eigenvalue weighted by Gasteiger charge is -2.17. The summed E-state index contributed by atoms with van der Waals surface area (Å²) in [6.45, 7) is 0.585. The minimum Gasteiger partial charge on any atom is -0.388 e. The van der Waals surface area contributed by atoms with Gasteiger partial charge in [-0.15, -0.1) is 0 Å². The highest BCUT2D eigenvalue weighted by Crippen LogP contribution is 2.28. The minimum absolute atomic E-state index is 0.195. The van der Waals surface area contributed by atoms with Gasteiger partial charge in [0.05, 0.1) is 19.3 Å². The van der Waals surface area contributed by atoms with E-state index in [1.165, 1.54) is 0 Å². The molecule has 1 aromatic carbocycles. The summed E-state index contributed by atoms with van der Waals surface area (Å²) in [5.41, 5.74) is 1.44. The van der Waals surface area contributed by atoms with Crippen LogP contribution >= 0.6 is 11.6 Å². The monoisotopic (exact) mass is 336 g/mol. The highest BCUT2D eigenvalue weighted by Gasteiger charge is 2.47. The molecule has 0 bridgehead atoms. The number of aliphatic hydroxyl groups is 1. The van der Waals surface area contributed by atoms with Gasteiger partial charge in [-0.05, 0) is 18.2 Å². The number of aromatic nitrogens is 1. The lowest BCUT2D eigenvalue weighted by Crippen LogP contribution is -2.44. The first-order valence-electron chi connectivity index (χ1n) is 7.52. The summed E-state index contributed by atoms with van der Waals surface area (Å²) in [6.07, 6.45) is -1.27. The number of amides is 1. The standard InChI is InChI=1S/C16H17ClN2O4/c1-19-11-5-9(17)3-2-8(11)4-12(19)16(21)18-10-6-22-15-13(20)7-23-14(10)15/h2-5,10,13-15,20H,6-7H2,1H3,(H,18,21)/t10-,13-,14-,15-/m1/s1. The number of halogens is 1. The van der Waals surface area contributed by atoms with Crippen LogP contribution in [0.4, 0.5) is 0 Å². The molecule has 6 nitrogen and oxygen atoms in total. The highest BCUT2D eigenvalue weighted by molar-refractivity contribution is 6.31. The molecule has 2 N–H and O–H groups in total. The SMILES string of the molecule is Cn1c(C(=O)N[C@@H]2CO[C@H]3[C@@H]2OC[C@H]3O)cc2ccc(Cl)cc21. The molecule has 122 valence electrons. The quantitative estimate of drug-likeness (QED) is 0.861. The van der Waals surface area contributed by atoms with Crippen LogP contribution in [-0.2, 0) is 16.5 Å². The van der Waals surface area contributed by atoms with Crippen LogP contribution < -0.4 is 5.32 Å². The van der Waals surface area contributed by atoms with Gasteiger partial charge < -0.3 is 24.5 Å². The third-order valence-corrected chi connectivity index (χ3v) is 4.82. The Hall–Kier alpha value is -1.60. The molecule has 0 saturated carbocycles. The van der Waals surface area contributed by atoms with Crippen LogP contribution in [0.1, 0.15) is 10.5 Å². The van der Waals surface area contributed by atoms with Gasteiger partial charge in [0.2, 0.25) is 0 Å². The fourth-order valence-electron chi connectivity index (χ4n) is 3.37. The normalized spacial score (nSPS) is 29.9. The van der Waals surface area contributed by atoms with Crippen LogP contribution in [0.25, 0.3) is 10.9 Å². The molecule has 23 heavy (non-hydrogen) atoms. The van der Waals surface area contributed by atoms with E-state index in [9.17, 15) is 9.90 Å². The Balaban J connectivity index is 1.57. The number of carbonyl (C=O) groups excluding carboxylic acids is 1. The van der Waals surface area contributed by atoms with Gasteiger partial charge in [-0.1, -0.05) is 17.7 Å². The summed E-state index contributed by atoms with van der Waals surface area (Å²) in [7, 11) is 1.83. The molecule has 2 aliphatic rings. The second kappa shape index (κ2) is 5.49. The Bertz CT molecular complexity index is 775. The second-order valence-electron chi connectivity index (χ2n) is 6.03. The predicted octanol–water partition coefficient (Wildman–Crippen LogP) is 1.09. The number of hydrogen-bond acceptors (Lipinski definition) is 4. The van der Waals surface area contributed by atoms with E-state index in [1.54, 1.807) is 6.07 Å². The van der Waals surface area contributed by atoms with Crippen molar-refractivity contribution in [3.63, 3.8) is 0 Å². The maximum absolute atomic E-state index is 12.6. The Morgan fingerprint density at radius 3 is 2.91 bits per heavy atom. The first-order valence-corrected chi connectivity index (χ1v) is 7.89. The van der Waals surface area contributed by atoms with Crippen LogP contribution in [0, 0.1) is 0 Å². The van der Waals surface area contributed by atoms with Crippen molar-refractivity contribution in [3.8, 4) is 0 Å². The van der Waals surface area contributed by atoms with Gasteiger partial charge in [-0.25, -0.2) is 0 Å². The van der Waals surface area contributed by atoms with Gasteiger partial charge >= 0.3 is 0 Å². The van der Waals surface area contributed by atoms with E-state index in [2.05, 4.69) is 5.32 Å². The molecule has 3 heterocycles. The highest BCUT2D eigenvalue weighted by atomic mass is 35.5. The van der Waals surface area contributed by atoms with Gasteiger partial charge in [0.1, 0.15) is 24.0 Å². The third-order valence-electron chi connectivity index (χ3n) is 4.58. The molecule has 0 unspecified atom stereocenters. The van der Waals surface area contributed by atoms with E-state index in [0.29, 0.717) is 17.3 Å². The van der Waals surface area contributed by atoms with Gasteiger partial charge in [-0.2, -0.15) is 0 Å². The largest absolute Gasteiger partial charge is 0.388 e. The molecule has 4 rings (SSSR count). The lowest BCUT2D eigenvalue weighted by atomic mass is 10.1. The maximum Gasteiger partial charge on any atom is 0.268 e. The fraction of sp³-hybridized carbons (Fsp3) is 0.438. The number of carbonyl (C=O) groups is 1. The fourth-order valence-corrected chi connectivity index (χ4v) is 3.53. The zero-order valence-electron chi connectivity index (χ0n) is 12.5. The minimum atomic E-state index is -0.623. The van der Waals surface area contributed by atoms with Crippen LogP contribution in [0.5, 0.6) is 0 Å². The summed E-state index contributed by atoms with van der Waals surface area (Å²) in [5.74, 6) is -0.195. The third kappa shape index (κ3) is 2.42. The van der Waals surface area contributed by atoms with Crippen LogP contribution in [0.15, 0.2) is 24.3 Å². The summed E-state index contributed by atoms with van der Waals surface area (Å²) >= 11 is 6.02. The summed E-state index contributed by atoms with van der Waals surface area (Å²) in [4.78, 5) is 12.6. The van der Waals surface area contributed by atoms with Crippen molar-refractivity contribution < 1.29 is 19.4 Å². The molecule has 2 saturated heterocycles. The van der Waals surface area contributed by atoms with Gasteiger partial charge in [0, 0.05) is 23.0 Å². The van der Waals surface area contributed by atoms with Crippen molar-refractivity contribution in [2.45, 2.75) is 24.4 Å². The van der Waals surface area contributed by atoms with Gasteiger partial charge in [0.25, 0.3) is 5.91 Å². The van der Waals surface area contributed by atoms with Crippen molar-refractivity contribution >= 4 is 28.4 Å². The smallest absolute Gasteiger partial charge is 0.268 e. The molecule has 7 heteroatoms. The molecule has 1 aromatic heterocycles. The average Bonchev–Trinajstić information content (AvgIpc) is 3.17. The Kier molecular flexibility index (Phi) is 3.57. The molecule has 2 fully saturated rings. The van der Waals surface area contributed by atoms with E-state index >= 15 is 0 Å². The summed E-state index contributed by atoms with van der Waals surface area (Å²) in [5, 5.41) is 14.3. The molecular formula is C16H17ClN2O4. The Labute approximate surface area is 137 Å². The van der Waals surface area contributed by atoms with Crippen LogP contribution in [-0.4, -0.2) is 53.1 Å². The number of rotatable bonds is 2. The van der Waals surface area contributed by atoms with Gasteiger partial charge in [0.15, 0.2) is 0 Å². The molecule has 0 radical (unpaired) electrons. The van der Waals surface area contributed by atoms with Crippen LogP contribution in [0.2, 0.25) is 5.02 Å². The topological polar surface area (TPSA) is 72.7 Å². The number of aryl methyl sites for hydroxylation is 1. The number of nitrogens with one attached hydrogen (secondary N) is 1. The number of nitrogens with zero attached hydrogens (tertiary/aromatic N) is 1. The summed E-state index contributed by atoms with van der Waals surface area (Å²) < 4.78 is 12.9. The first-order chi connectivity index (χ1) is 11.0. The predicted molar refractivity (Wildman–Crippen MR) is 84.7 cm³/mol. The molecule has 0 aliphatic carbocycles.